The third-order valence-electron chi connectivity index (χ3n) is 6.09. The van der Waals surface area contributed by atoms with Crippen LogP contribution in [0, 0.1) is 0 Å². The van der Waals surface area contributed by atoms with Gasteiger partial charge in [0.05, 0.1) is 17.5 Å². The molecule has 2 aromatic carbocycles. The summed E-state index contributed by atoms with van der Waals surface area (Å²) in [5, 5.41) is 1.10. The molecule has 0 aliphatic heterocycles. The van der Waals surface area contributed by atoms with Gasteiger partial charge in [0.1, 0.15) is 0 Å². The zero-order valence-corrected chi connectivity index (χ0v) is 18.1. The van der Waals surface area contributed by atoms with Gasteiger partial charge in [0.15, 0.2) is 0 Å². The highest BCUT2D eigenvalue weighted by atomic mass is 32.2. The maximum absolute atomic E-state index is 11.8. The molecule has 1 atom stereocenters. The van der Waals surface area contributed by atoms with Crippen molar-refractivity contribution in [1.82, 2.24) is 9.88 Å². The van der Waals surface area contributed by atoms with Gasteiger partial charge in [-0.05, 0) is 69.1 Å². The molecule has 0 spiro atoms. The summed E-state index contributed by atoms with van der Waals surface area (Å²) >= 11 is 0. The van der Waals surface area contributed by atoms with E-state index in [4.69, 9.17) is 0 Å². The lowest BCUT2D eigenvalue weighted by Gasteiger charge is -2.31. The molecule has 154 valence electrons. The van der Waals surface area contributed by atoms with Gasteiger partial charge < -0.3 is 9.88 Å². The van der Waals surface area contributed by atoms with Gasteiger partial charge in [-0.2, -0.15) is 0 Å². The molecule has 29 heavy (non-hydrogen) atoms. The van der Waals surface area contributed by atoms with Crippen LogP contribution in [0.25, 0.3) is 10.9 Å². The molecule has 0 fully saturated rings. The fraction of sp³-hybridized carbons (Fsp3) is 0.391. The van der Waals surface area contributed by atoms with Crippen molar-refractivity contribution < 1.29 is 8.42 Å². The van der Waals surface area contributed by atoms with Crippen LogP contribution in [-0.2, 0) is 21.9 Å². The van der Waals surface area contributed by atoms with Gasteiger partial charge in [-0.25, -0.2) is 8.42 Å². The maximum atomic E-state index is 11.8. The van der Waals surface area contributed by atoms with Crippen molar-refractivity contribution in [3.05, 3.63) is 65.4 Å². The van der Waals surface area contributed by atoms with Crippen molar-refractivity contribution in [3.63, 3.8) is 0 Å². The fourth-order valence-electron chi connectivity index (χ4n) is 4.89. The first-order chi connectivity index (χ1) is 13.8. The highest BCUT2D eigenvalue weighted by Crippen LogP contribution is 2.49. The summed E-state index contributed by atoms with van der Waals surface area (Å²) in [7, 11) is 0.889. The lowest BCUT2D eigenvalue weighted by atomic mass is 9.72. The summed E-state index contributed by atoms with van der Waals surface area (Å²) in [6.45, 7) is 1.05. The van der Waals surface area contributed by atoms with Crippen LogP contribution >= 0.6 is 0 Å². The van der Waals surface area contributed by atoms with Gasteiger partial charge in [-0.1, -0.05) is 36.4 Å². The average molecular weight is 412 g/mol. The first-order valence-corrected chi connectivity index (χ1v) is 12.0. The largest absolute Gasteiger partial charge is 0.359 e. The van der Waals surface area contributed by atoms with Gasteiger partial charge in [0, 0.05) is 17.0 Å². The summed E-state index contributed by atoms with van der Waals surface area (Å²) in [4.78, 5) is 5.61. The molecular weight excluding hydrogens is 382 g/mol. The van der Waals surface area contributed by atoms with Crippen molar-refractivity contribution in [2.75, 3.05) is 31.6 Å². The van der Waals surface area contributed by atoms with Gasteiger partial charge >= 0.3 is 0 Å². The van der Waals surface area contributed by atoms with E-state index < -0.39 is 10.0 Å². The van der Waals surface area contributed by atoms with Crippen LogP contribution in [0.4, 0.5) is 5.69 Å². The second-order valence-corrected chi connectivity index (χ2v) is 10.2. The topological polar surface area (TPSA) is 65.2 Å². The van der Waals surface area contributed by atoms with Crippen LogP contribution in [-0.4, -0.2) is 45.2 Å². The highest BCUT2D eigenvalue weighted by molar-refractivity contribution is 7.92. The van der Waals surface area contributed by atoms with Crippen molar-refractivity contribution in [3.8, 4) is 0 Å². The number of nitrogens with one attached hydrogen (secondary N) is 2. The predicted octanol–water partition coefficient (Wildman–Crippen LogP) is 4.11. The van der Waals surface area contributed by atoms with E-state index in [9.17, 15) is 8.42 Å². The van der Waals surface area contributed by atoms with Gasteiger partial charge in [-0.15, -0.1) is 0 Å². The summed E-state index contributed by atoms with van der Waals surface area (Å²) in [5.74, 6) is 0. The Bertz CT molecular complexity index is 1130. The number of sulfonamides is 1. The van der Waals surface area contributed by atoms with Crippen molar-refractivity contribution >= 4 is 26.6 Å². The number of hydrogen-bond acceptors (Lipinski definition) is 3. The number of para-hydroxylation sites is 1. The molecular formula is C23H29N3O2S. The smallest absolute Gasteiger partial charge is 0.229 e. The van der Waals surface area contributed by atoms with Crippen molar-refractivity contribution in [1.29, 1.82) is 0 Å². The Hall–Kier alpha value is -2.31. The number of benzene rings is 2. The molecule has 1 heterocycles. The second kappa shape index (κ2) is 7.50. The number of aromatic nitrogens is 1. The van der Waals surface area contributed by atoms with Crippen molar-refractivity contribution in [2.45, 2.75) is 31.1 Å². The van der Waals surface area contributed by atoms with Crippen LogP contribution in [0.5, 0.6) is 0 Å². The third kappa shape index (κ3) is 3.79. The van der Waals surface area contributed by atoms with Crippen LogP contribution < -0.4 is 4.72 Å². The molecule has 0 amide bonds. The lowest BCUT2D eigenvalue weighted by molar-refractivity contribution is 0.360. The Morgan fingerprint density at radius 2 is 1.90 bits per heavy atom. The zero-order chi connectivity index (χ0) is 20.6. The zero-order valence-electron chi connectivity index (χ0n) is 17.3. The molecule has 4 rings (SSSR count). The van der Waals surface area contributed by atoms with Gasteiger partial charge in [0.2, 0.25) is 10.0 Å². The van der Waals surface area contributed by atoms with Crippen molar-refractivity contribution in [2.24, 2.45) is 0 Å². The minimum atomic E-state index is -3.34. The first-order valence-electron chi connectivity index (χ1n) is 10.1. The van der Waals surface area contributed by atoms with E-state index in [1.807, 2.05) is 12.1 Å². The normalized spacial score (nSPS) is 19.0. The number of rotatable bonds is 7. The van der Waals surface area contributed by atoms with Gasteiger partial charge in [-0.3, -0.25) is 4.72 Å². The molecule has 0 bridgehead atoms. The number of aromatic amines is 1. The summed E-state index contributed by atoms with van der Waals surface area (Å²) in [6, 6.07) is 14.6. The average Bonchev–Trinajstić information content (AvgIpc) is 3.24. The summed E-state index contributed by atoms with van der Waals surface area (Å²) < 4.78 is 26.3. The highest BCUT2D eigenvalue weighted by Gasteiger charge is 2.41. The Morgan fingerprint density at radius 3 is 2.66 bits per heavy atom. The maximum Gasteiger partial charge on any atom is 0.229 e. The molecule has 6 heteroatoms. The van der Waals surface area contributed by atoms with E-state index in [2.05, 4.69) is 65.2 Å². The standard InChI is InChI=1S/C23H29N3O2S/c1-26(2)15-7-13-23(14-12-17-8-4-5-10-19(17)23)20-16-24-22-18(20)9-6-11-21(22)25-29(3,27)28/h4-6,8-11,16,24-25H,7,12-15H2,1-3H3. The van der Waals surface area contributed by atoms with E-state index in [0.29, 0.717) is 5.69 Å². The summed E-state index contributed by atoms with van der Waals surface area (Å²) in [5.41, 5.74) is 5.52. The lowest BCUT2D eigenvalue weighted by Crippen LogP contribution is -2.26. The van der Waals surface area contributed by atoms with Crippen LogP contribution in [0.1, 0.15) is 36.0 Å². The monoisotopic (exact) mass is 411 g/mol. The fourth-order valence-corrected chi connectivity index (χ4v) is 5.46. The second-order valence-electron chi connectivity index (χ2n) is 8.45. The first kappa shape index (κ1) is 20.0. The minimum Gasteiger partial charge on any atom is -0.359 e. The number of hydrogen-bond donors (Lipinski definition) is 2. The molecule has 1 aliphatic rings. The van der Waals surface area contributed by atoms with Crippen LogP contribution in [0.15, 0.2) is 48.7 Å². The third-order valence-corrected chi connectivity index (χ3v) is 6.68. The molecule has 1 aromatic heterocycles. The van der Waals surface area contributed by atoms with E-state index in [1.54, 1.807) is 0 Å². The SMILES string of the molecule is CN(C)CCCC1(c2c[nH]c3c(NS(C)(=O)=O)cccc23)CCc2ccccc21. The number of H-pyrrole nitrogens is 1. The Balaban J connectivity index is 1.84. The quantitative estimate of drug-likeness (QED) is 0.615. The molecule has 0 saturated carbocycles. The molecule has 3 aromatic rings. The van der Waals surface area contributed by atoms with E-state index in [1.165, 1.54) is 22.9 Å². The van der Waals surface area contributed by atoms with E-state index in [-0.39, 0.29) is 5.41 Å². The molecule has 1 aliphatic carbocycles. The van der Waals surface area contributed by atoms with Crippen LogP contribution in [0.2, 0.25) is 0 Å². The molecule has 0 saturated heterocycles. The van der Waals surface area contributed by atoms with E-state index in [0.717, 1.165) is 43.1 Å². The number of nitrogens with zero attached hydrogens (tertiary/aromatic N) is 1. The minimum absolute atomic E-state index is 0.0471. The molecule has 1 unspecified atom stereocenters. The Labute approximate surface area is 173 Å². The number of fused-ring (bicyclic) bond motifs is 2. The van der Waals surface area contributed by atoms with Crippen LogP contribution in [0.3, 0.4) is 0 Å². The molecule has 2 N–H and O–H groups in total. The Kier molecular flexibility index (Phi) is 5.17. The van der Waals surface area contributed by atoms with E-state index >= 15 is 0 Å². The number of aryl methyl sites for hydroxylation is 1. The molecule has 5 nitrogen and oxygen atoms in total. The summed E-state index contributed by atoms with van der Waals surface area (Å²) in [6.07, 6.45) is 7.61. The Morgan fingerprint density at radius 1 is 1.10 bits per heavy atom. The number of anilines is 1. The predicted molar refractivity (Wildman–Crippen MR) is 120 cm³/mol. The van der Waals surface area contributed by atoms with Gasteiger partial charge in [0.25, 0.3) is 0 Å². The molecule has 0 radical (unpaired) electrons.